The maximum absolute atomic E-state index is 13.0. The van der Waals surface area contributed by atoms with Gasteiger partial charge in [0.2, 0.25) is 11.8 Å². The molecule has 1 saturated heterocycles. The first-order valence-electron chi connectivity index (χ1n) is 9.32. The molecule has 0 aromatic heterocycles. The molecule has 1 aromatic rings. The molecule has 0 spiro atoms. The molecule has 3 aliphatic rings. The summed E-state index contributed by atoms with van der Waals surface area (Å²) in [5.41, 5.74) is -1.50. The van der Waals surface area contributed by atoms with Gasteiger partial charge in [-0.1, -0.05) is 24.3 Å². The van der Waals surface area contributed by atoms with E-state index in [0.717, 1.165) is 23.5 Å². The number of alkyl halides is 3. The molecule has 10 heteroatoms. The van der Waals surface area contributed by atoms with Gasteiger partial charge in [-0.2, -0.15) is 13.2 Å². The number of nitrogens with zero attached hydrogens (tertiary/aromatic N) is 1. The van der Waals surface area contributed by atoms with Gasteiger partial charge in [-0.15, -0.1) is 0 Å². The standard InChI is InChI=1S/C20H17F3N2O5/c21-20(22,23)12-3-1-2-4-13(12)24-14(26)9-30-15(27)8-25-18(28)16-10-5-6-11(7-10)17(16)19(25)29/h1-6,10-11,16-17H,7-9H2,(H,24,26)/t10-,11-,16-,17+/m0/s1. The number of anilines is 1. The zero-order valence-electron chi connectivity index (χ0n) is 15.5. The topological polar surface area (TPSA) is 92.8 Å². The Morgan fingerprint density at radius 3 is 2.27 bits per heavy atom. The van der Waals surface area contributed by atoms with Gasteiger partial charge in [-0.25, -0.2) is 0 Å². The molecule has 2 fully saturated rings. The Kier molecular flexibility index (Phi) is 4.87. The average Bonchev–Trinajstić information content (AvgIpc) is 3.36. The van der Waals surface area contributed by atoms with Crippen LogP contribution in [0.25, 0.3) is 0 Å². The Hall–Kier alpha value is -3.17. The predicted molar refractivity (Wildman–Crippen MR) is 95.5 cm³/mol. The summed E-state index contributed by atoms with van der Waals surface area (Å²) in [5.74, 6) is -3.74. The Morgan fingerprint density at radius 1 is 1.07 bits per heavy atom. The van der Waals surface area contributed by atoms with Gasteiger partial charge >= 0.3 is 12.1 Å². The van der Waals surface area contributed by atoms with Gasteiger partial charge in [-0.3, -0.25) is 24.1 Å². The van der Waals surface area contributed by atoms with E-state index in [2.05, 4.69) is 0 Å². The predicted octanol–water partition coefficient (Wildman–Crippen LogP) is 1.99. The molecule has 0 unspecified atom stereocenters. The Bertz CT molecular complexity index is 928. The van der Waals surface area contributed by atoms with Crippen LogP contribution >= 0.6 is 0 Å². The Morgan fingerprint density at radius 2 is 1.67 bits per heavy atom. The first-order valence-corrected chi connectivity index (χ1v) is 9.32. The highest BCUT2D eigenvalue weighted by Gasteiger charge is 2.59. The van der Waals surface area contributed by atoms with Crippen LogP contribution in [0.15, 0.2) is 36.4 Å². The van der Waals surface area contributed by atoms with Gasteiger partial charge in [0.15, 0.2) is 6.61 Å². The molecule has 2 bridgehead atoms. The molecule has 1 N–H and O–H groups in total. The van der Waals surface area contributed by atoms with Gasteiger partial charge in [0.1, 0.15) is 6.54 Å². The number of benzene rings is 1. The minimum absolute atomic E-state index is 0.00282. The number of fused-ring (bicyclic) bond motifs is 5. The van der Waals surface area contributed by atoms with E-state index in [1.807, 2.05) is 17.5 Å². The number of imide groups is 1. The summed E-state index contributed by atoms with van der Waals surface area (Å²) < 4.78 is 43.6. The molecular weight excluding hydrogens is 405 g/mol. The summed E-state index contributed by atoms with van der Waals surface area (Å²) in [5, 5.41) is 2.04. The summed E-state index contributed by atoms with van der Waals surface area (Å²) in [6.45, 7) is -1.47. The second-order valence-corrected chi connectivity index (χ2v) is 7.51. The molecule has 3 amide bonds. The number of para-hydroxylation sites is 1. The van der Waals surface area contributed by atoms with Crippen LogP contribution in [0.3, 0.4) is 0 Å². The van der Waals surface area contributed by atoms with Crippen LogP contribution in [-0.2, 0) is 30.1 Å². The van der Waals surface area contributed by atoms with E-state index in [4.69, 9.17) is 4.74 Å². The SMILES string of the molecule is O=C(COC(=O)CN1C(=O)[C@@H]2[C@H](C1=O)[C@H]1C=C[C@H]2C1)Nc1ccccc1C(F)(F)F. The third-order valence-electron chi connectivity index (χ3n) is 5.72. The molecule has 30 heavy (non-hydrogen) atoms. The first kappa shape index (κ1) is 20.1. The van der Waals surface area contributed by atoms with Crippen molar-refractivity contribution in [1.82, 2.24) is 4.90 Å². The number of amides is 3. The number of likely N-dealkylation sites (tertiary alicyclic amines) is 1. The molecule has 4 atom stereocenters. The number of halogens is 3. The van der Waals surface area contributed by atoms with Crippen molar-refractivity contribution in [3.63, 3.8) is 0 Å². The Labute approximate surface area is 168 Å². The highest BCUT2D eigenvalue weighted by molar-refractivity contribution is 6.08. The normalized spacial score (nSPS) is 26.8. The number of esters is 1. The van der Waals surface area contributed by atoms with Crippen molar-refractivity contribution in [2.24, 2.45) is 23.7 Å². The van der Waals surface area contributed by atoms with E-state index in [9.17, 15) is 32.3 Å². The lowest BCUT2D eigenvalue weighted by Gasteiger charge is -2.16. The van der Waals surface area contributed by atoms with Gasteiger partial charge in [0, 0.05) is 0 Å². The first-order chi connectivity index (χ1) is 14.2. The molecule has 1 saturated carbocycles. The zero-order chi connectivity index (χ0) is 21.6. The molecule has 1 aliphatic heterocycles. The van der Waals surface area contributed by atoms with Crippen LogP contribution in [0.1, 0.15) is 12.0 Å². The van der Waals surface area contributed by atoms with E-state index in [-0.39, 0.29) is 11.8 Å². The van der Waals surface area contributed by atoms with Crippen LogP contribution in [0.5, 0.6) is 0 Å². The van der Waals surface area contributed by atoms with Crippen LogP contribution in [0.2, 0.25) is 0 Å². The van der Waals surface area contributed by atoms with Gasteiger partial charge in [-0.05, 0) is 30.4 Å². The van der Waals surface area contributed by atoms with Crippen molar-refractivity contribution < 1.29 is 37.1 Å². The van der Waals surface area contributed by atoms with Gasteiger partial charge in [0.05, 0.1) is 23.1 Å². The Balaban J connectivity index is 1.31. The third-order valence-corrected chi connectivity index (χ3v) is 5.72. The molecular formula is C20H17F3N2O5. The summed E-state index contributed by atoms with van der Waals surface area (Å²) in [6.07, 6.45) is -0.0715. The third kappa shape index (κ3) is 3.46. The second kappa shape index (κ2) is 7.26. The lowest BCUT2D eigenvalue weighted by Crippen LogP contribution is -2.38. The van der Waals surface area contributed by atoms with Crippen molar-refractivity contribution >= 4 is 29.4 Å². The van der Waals surface area contributed by atoms with E-state index in [0.29, 0.717) is 0 Å². The fraction of sp³-hybridized carbons (Fsp3) is 0.400. The quantitative estimate of drug-likeness (QED) is 0.445. The van der Waals surface area contributed by atoms with Crippen LogP contribution < -0.4 is 5.32 Å². The fourth-order valence-electron chi connectivity index (χ4n) is 4.47. The summed E-state index contributed by atoms with van der Waals surface area (Å²) in [7, 11) is 0. The van der Waals surface area contributed by atoms with Crippen LogP contribution in [0.4, 0.5) is 18.9 Å². The lowest BCUT2D eigenvalue weighted by atomic mass is 9.85. The van der Waals surface area contributed by atoms with Crippen molar-refractivity contribution in [3.8, 4) is 0 Å². The fourth-order valence-corrected chi connectivity index (χ4v) is 4.47. The smallest absolute Gasteiger partial charge is 0.418 e. The molecule has 158 valence electrons. The van der Waals surface area contributed by atoms with Crippen molar-refractivity contribution in [2.45, 2.75) is 12.6 Å². The number of hydrogen-bond donors (Lipinski definition) is 1. The average molecular weight is 422 g/mol. The number of carbonyl (C=O) groups is 4. The summed E-state index contributed by atoms with van der Waals surface area (Å²) >= 11 is 0. The van der Waals surface area contributed by atoms with Crippen molar-refractivity contribution in [1.29, 1.82) is 0 Å². The van der Waals surface area contributed by atoms with Crippen LogP contribution in [-0.4, -0.2) is 41.7 Å². The van der Waals surface area contributed by atoms with E-state index < -0.39 is 66.1 Å². The molecule has 1 heterocycles. The molecule has 1 aromatic carbocycles. The summed E-state index contributed by atoms with van der Waals surface area (Å²) in [4.78, 5) is 49.8. The monoisotopic (exact) mass is 422 g/mol. The molecule has 2 aliphatic carbocycles. The number of carbonyl (C=O) groups excluding carboxylic acids is 4. The second-order valence-electron chi connectivity index (χ2n) is 7.51. The van der Waals surface area contributed by atoms with Crippen molar-refractivity contribution in [3.05, 3.63) is 42.0 Å². The number of hydrogen-bond acceptors (Lipinski definition) is 5. The number of ether oxygens (including phenoxy) is 1. The summed E-state index contributed by atoms with van der Waals surface area (Å²) in [6, 6.07) is 4.39. The van der Waals surface area contributed by atoms with E-state index >= 15 is 0 Å². The highest BCUT2D eigenvalue weighted by Crippen LogP contribution is 2.52. The largest absolute Gasteiger partial charge is 0.454 e. The molecule has 4 rings (SSSR count). The zero-order valence-corrected chi connectivity index (χ0v) is 15.5. The lowest BCUT2D eigenvalue weighted by molar-refractivity contribution is -0.154. The van der Waals surface area contributed by atoms with E-state index in [1.165, 1.54) is 12.1 Å². The molecule has 7 nitrogen and oxygen atoms in total. The maximum atomic E-state index is 13.0. The maximum Gasteiger partial charge on any atom is 0.418 e. The highest BCUT2D eigenvalue weighted by atomic mass is 19.4. The number of rotatable bonds is 5. The number of allylic oxidation sites excluding steroid dienone is 2. The van der Waals surface area contributed by atoms with Gasteiger partial charge < -0.3 is 10.1 Å². The van der Waals surface area contributed by atoms with Crippen LogP contribution in [0, 0.1) is 23.7 Å². The van der Waals surface area contributed by atoms with Crippen molar-refractivity contribution in [2.75, 3.05) is 18.5 Å². The molecule has 0 radical (unpaired) electrons. The van der Waals surface area contributed by atoms with E-state index in [1.54, 1.807) is 0 Å². The minimum Gasteiger partial charge on any atom is -0.454 e. The minimum atomic E-state index is -4.66. The van der Waals surface area contributed by atoms with Gasteiger partial charge in [0.25, 0.3) is 5.91 Å². The number of nitrogens with one attached hydrogen (secondary N) is 1.